The van der Waals surface area contributed by atoms with Gasteiger partial charge in [-0.1, -0.05) is 54.6 Å². The number of hydrogen-bond acceptors (Lipinski definition) is 3. The Hall–Kier alpha value is -2.36. The van der Waals surface area contributed by atoms with Crippen LogP contribution in [-0.4, -0.2) is 19.6 Å². The molecule has 3 aromatic carbocycles. The smallest absolute Gasteiger partial charge is 0.202 e. The molecular weight excluding hydrogens is 572 g/mol. The third-order valence-electron chi connectivity index (χ3n) is 10.3. The van der Waals surface area contributed by atoms with Crippen molar-refractivity contribution in [2.45, 2.75) is 58.0 Å². The molecule has 218 valence electrons. The van der Waals surface area contributed by atoms with E-state index in [1.165, 1.54) is 0 Å². The highest BCUT2D eigenvalue weighted by molar-refractivity contribution is 8.33. The van der Waals surface area contributed by atoms with Crippen LogP contribution >= 0.6 is 10.3 Å². The Morgan fingerprint density at radius 1 is 0.610 bits per heavy atom. The Morgan fingerprint density at radius 3 is 1.56 bits per heavy atom. The van der Waals surface area contributed by atoms with E-state index >= 15 is 17.6 Å². The molecule has 0 aromatic heterocycles. The molecule has 3 aromatic rings. The van der Waals surface area contributed by atoms with Gasteiger partial charge in [-0.25, -0.2) is 3.63 Å². The Balaban J connectivity index is 1.30. The average molecular weight is 605 g/mol. The van der Waals surface area contributed by atoms with Gasteiger partial charge in [-0.05, 0) is 114 Å². The molecule has 41 heavy (non-hydrogen) atoms. The molecule has 3 nitrogen and oxygen atoms in total. The quantitative estimate of drug-likeness (QED) is 0.191. The molecular formula is C32H32F4O3S2. The first-order chi connectivity index (χ1) is 19.6. The highest BCUT2D eigenvalue weighted by Crippen LogP contribution is 2.73. The minimum Gasteiger partial charge on any atom is -0.202 e. The minimum atomic E-state index is -6.15. The summed E-state index contributed by atoms with van der Waals surface area (Å²) in [6, 6.07) is 24.5. The van der Waals surface area contributed by atoms with Crippen LogP contribution in [0.25, 0.3) is 0 Å². The predicted octanol–water partition coefficient (Wildman–Crippen LogP) is 8.78. The van der Waals surface area contributed by atoms with Gasteiger partial charge in [0, 0.05) is 20.6 Å². The monoisotopic (exact) mass is 604 g/mol. The third kappa shape index (κ3) is 3.91. The van der Waals surface area contributed by atoms with E-state index < -0.39 is 43.4 Å². The van der Waals surface area contributed by atoms with Crippen LogP contribution in [0.1, 0.15) is 32.1 Å². The van der Waals surface area contributed by atoms with Gasteiger partial charge < -0.3 is 0 Å². The van der Waals surface area contributed by atoms with Gasteiger partial charge in [-0.3, -0.25) is 0 Å². The first-order valence-corrected chi connectivity index (χ1v) is 17.2. The summed E-state index contributed by atoms with van der Waals surface area (Å²) in [7, 11) is -9.54. The van der Waals surface area contributed by atoms with E-state index in [0.717, 1.165) is 19.3 Å². The predicted molar refractivity (Wildman–Crippen MR) is 149 cm³/mol. The Kier molecular flexibility index (Phi) is 6.42. The molecule has 7 atom stereocenters. The highest BCUT2D eigenvalue weighted by Gasteiger charge is 2.76. The van der Waals surface area contributed by atoms with Crippen LogP contribution in [-0.2, 0) is 13.7 Å². The number of alkyl halides is 4. The maximum Gasteiger partial charge on any atom is 0.432 e. The summed E-state index contributed by atoms with van der Waals surface area (Å²) in [6.07, 6.45) is 3.49. The van der Waals surface area contributed by atoms with E-state index in [9.17, 15) is 8.42 Å². The zero-order valence-corrected chi connectivity index (χ0v) is 23.9. The second kappa shape index (κ2) is 9.58. The van der Waals surface area contributed by atoms with Gasteiger partial charge in [0.2, 0.25) is 0 Å². The molecule has 0 saturated heterocycles. The molecule has 0 spiro atoms. The van der Waals surface area contributed by atoms with Crippen LogP contribution in [0.3, 0.4) is 0 Å². The van der Waals surface area contributed by atoms with Gasteiger partial charge >= 0.3 is 21.3 Å². The van der Waals surface area contributed by atoms with Crippen LogP contribution < -0.4 is 0 Å². The summed E-state index contributed by atoms with van der Waals surface area (Å²) in [6.45, 7) is 0. The first-order valence-electron chi connectivity index (χ1n) is 14.3. The lowest BCUT2D eigenvalue weighted by molar-refractivity contribution is -0.209. The lowest BCUT2D eigenvalue weighted by Crippen LogP contribution is -2.55. The van der Waals surface area contributed by atoms with Crippen molar-refractivity contribution in [3.8, 4) is 0 Å². The molecule has 0 heterocycles. The van der Waals surface area contributed by atoms with Crippen molar-refractivity contribution in [2.75, 3.05) is 0 Å². The van der Waals surface area contributed by atoms with Gasteiger partial charge in [-0.2, -0.15) is 26.0 Å². The SMILES string of the molecule is O=S(=O)(OS(c1ccccc1)(c1ccccc1)c1ccccc1)C(F)(F)C(F)(F)C1CC2CC1C1C3CCC(C3)C21. The Labute approximate surface area is 240 Å². The minimum absolute atomic E-state index is 0.00506. The second-order valence-electron chi connectivity index (χ2n) is 12.1. The summed E-state index contributed by atoms with van der Waals surface area (Å²) in [5, 5.41) is -5.42. The van der Waals surface area contributed by atoms with E-state index in [2.05, 4.69) is 0 Å². The van der Waals surface area contributed by atoms with Crippen molar-refractivity contribution in [1.82, 2.24) is 0 Å². The highest BCUT2D eigenvalue weighted by atomic mass is 32.3. The maximum atomic E-state index is 16.1. The van der Waals surface area contributed by atoms with Crippen LogP contribution in [0.2, 0.25) is 0 Å². The van der Waals surface area contributed by atoms with Crippen molar-refractivity contribution < 1.29 is 29.6 Å². The fourth-order valence-electron chi connectivity index (χ4n) is 8.90. The molecule has 4 aliphatic carbocycles. The molecule has 4 bridgehead atoms. The fourth-order valence-corrected chi connectivity index (χ4v) is 14.2. The normalized spacial score (nSPS) is 31.4. The third-order valence-corrected chi connectivity index (χ3v) is 15.6. The van der Waals surface area contributed by atoms with Crippen LogP contribution in [0.15, 0.2) is 106 Å². The van der Waals surface area contributed by atoms with Crippen LogP contribution in [0.4, 0.5) is 17.6 Å². The number of benzene rings is 3. The van der Waals surface area contributed by atoms with E-state index in [1.54, 1.807) is 91.0 Å². The van der Waals surface area contributed by atoms with E-state index in [-0.39, 0.29) is 18.3 Å². The van der Waals surface area contributed by atoms with Crippen molar-refractivity contribution in [3.05, 3.63) is 91.0 Å². The van der Waals surface area contributed by atoms with Gasteiger partial charge in [0.25, 0.3) is 0 Å². The molecule has 4 saturated carbocycles. The number of rotatable bonds is 8. The standard InChI is InChI=1S/C32H32F4O3S2/c33-31(34,28-20-23-19-27(28)30-22-17-16-21(18-22)29(23)30)32(35,36)41(37,38)39-40(24-10-4-1-5-11-24,25-12-6-2-7-13-25)26-14-8-3-9-15-26/h1-15,21-23,27-30H,16-20H2. The molecule has 4 aliphatic rings. The number of hydrogen-bond donors (Lipinski definition) is 0. The number of halogens is 4. The Morgan fingerprint density at radius 2 is 1.07 bits per heavy atom. The molecule has 0 amide bonds. The lowest BCUT2D eigenvalue weighted by atomic mass is 9.66. The second-order valence-corrected chi connectivity index (χ2v) is 16.6. The van der Waals surface area contributed by atoms with E-state index in [1.807, 2.05) is 0 Å². The average Bonchev–Trinajstić information content (AvgIpc) is 3.78. The van der Waals surface area contributed by atoms with Crippen LogP contribution in [0, 0.1) is 41.4 Å². The van der Waals surface area contributed by atoms with Crippen molar-refractivity contribution in [1.29, 1.82) is 0 Å². The zero-order chi connectivity index (χ0) is 28.6. The van der Waals surface area contributed by atoms with Crippen LogP contribution in [0.5, 0.6) is 0 Å². The topological polar surface area (TPSA) is 43.4 Å². The van der Waals surface area contributed by atoms with Gasteiger partial charge in [0.15, 0.2) is 0 Å². The summed E-state index contributed by atoms with van der Waals surface area (Å²) in [5.41, 5.74) is 0. The first kappa shape index (κ1) is 27.5. The summed E-state index contributed by atoms with van der Waals surface area (Å²) in [4.78, 5) is 0.930. The van der Waals surface area contributed by atoms with E-state index in [0.29, 0.717) is 38.9 Å². The largest absolute Gasteiger partial charge is 0.432 e. The van der Waals surface area contributed by atoms with E-state index in [4.69, 9.17) is 3.63 Å². The maximum absolute atomic E-state index is 16.1. The summed E-state index contributed by atoms with van der Waals surface area (Å²) < 4.78 is 97.6. The van der Waals surface area contributed by atoms with Crippen molar-refractivity contribution in [3.63, 3.8) is 0 Å². The molecule has 0 radical (unpaired) electrons. The van der Waals surface area contributed by atoms with Crippen molar-refractivity contribution >= 4 is 20.4 Å². The fraction of sp³-hybridized carbons (Fsp3) is 0.438. The van der Waals surface area contributed by atoms with Gasteiger partial charge in [0.1, 0.15) is 0 Å². The zero-order valence-electron chi connectivity index (χ0n) is 22.3. The Bertz CT molecular complexity index is 1420. The summed E-state index contributed by atoms with van der Waals surface area (Å²) >= 11 is 0. The molecule has 0 aliphatic heterocycles. The molecule has 7 rings (SSSR count). The summed E-state index contributed by atoms with van der Waals surface area (Å²) in [5.74, 6) is -5.92. The van der Waals surface area contributed by atoms with Crippen molar-refractivity contribution in [2.24, 2.45) is 41.4 Å². The molecule has 7 unspecified atom stereocenters. The number of fused-ring (bicyclic) bond motifs is 9. The molecule has 4 fully saturated rings. The van der Waals surface area contributed by atoms with Gasteiger partial charge in [0.05, 0.1) is 0 Å². The molecule has 0 N–H and O–H groups in total. The van der Waals surface area contributed by atoms with Gasteiger partial charge in [-0.15, -0.1) is 0 Å². The molecule has 9 heteroatoms. The lowest BCUT2D eigenvalue weighted by Gasteiger charge is -2.44.